The zero-order valence-electron chi connectivity index (χ0n) is 9.60. The Labute approximate surface area is 96.7 Å². The summed E-state index contributed by atoms with van der Waals surface area (Å²) in [4.78, 5) is 15.6. The van der Waals surface area contributed by atoms with Gasteiger partial charge in [0.15, 0.2) is 0 Å². The predicted octanol–water partition coefficient (Wildman–Crippen LogP) is 1.08. The van der Waals surface area contributed by atoms with Crippen LogP contribution >= 0.6 is 0 Å². The van der Waals surface area contributed by atoms with Crippen LogP contribution in [0.1, 0.15) is 11.6 Å². The maximum absolute atomic E-state index is 11.1. The first-order chi connectivity index (χ1) is 7.81. The van der Waals surface area contributed by atoms with Crippen LogP contribution in [-0.2, 0) is 4.79 Å². The Morgan fingerprint density at radius 3 is 2.31 bits per heavy atom. The van der Waals surface area contributed by atoms with Crippen molar-refractivity contribution in [2.75, 3.05) is 33.2 Å². The molecule has 0 aromatic heterocycles. The number of rotatable bonds is 3. The quantitative estimate of drug-likeness (QED) is 0.757. The second kappa shape index (κ2) is 5.23. The summed E-state index contributed by atoms with van der Waals surface area (Å²) >= 11 is 0. The first-order valence-corrected chi connectivity index (χ1v) is 5.66. The number of nitrogens with zero attached hydrogens (tertiary/aromatic N) is 2. The summed E-state index contributed by atoms with van der Waals surface area (Å²) in [5, 5.41) is 0. The van der Waals surface area contributed by atoms with E-state index in [9.17, 15) is 4.79 Å². The van der Waals surface area contributed by atoms with Crippen molar-refractivity contribution in [3.05, 3.63) is 35.9 Å². The molecule has 1 radical (unpaired) electrons. The van der Waals surface area contributed by atoms with Gasteiger partial charge in [-0.25, -0.2) is 0 Å². The molecule has 0 saturated carbocycles. The molecule has 1 heterocycles. The minimum Gasteiger partial charge on any atom is -0.304 e. The van der Waals surface area contributed by atoms with Crippen molar-refractivity contribution in [3.8, 4) is 0 Å². The average molecular weight is 217 g/mol. The SMILES string of the molecule is CN1CCN(C([C]=O)c2ccccc2)CC1. The molecule has 2 rings (SSSR count). The lowest BCUT2D eigenvalue weighted by atomic mass is 10.1. The molecule has 0 aliphatic carbocycles. The van der Waals surface area contributed by atoms with E-state index in [-0.39, 0.29) is 6.04 Å². The molecule has 16 heavy (non-hydrogen) atoms. The van der Waals surface area contributed by atoms with Crippen molar-refractivity contribution >= 4 is 6.29 Å². The van der Waals surface area contributed by atoms with Crippen LogP contribution in [0.2, 0.25) is 0 Å². The van der Waals surface area contributed by atoms with Gasteiger partial charge in [0, 0.05) is 26.2 Å². The fourth-order valence-corrected chi connectivity index (χ4v) is 2.07. The molecule has 1 aliphatic heterocycles. The topological polar surface area (TPSA) is 23.6 Å². The van der Waals surface area contributed by atoms with E-state index in [1.807, 2.05) is 30.3 Å². The largest absolute Gasteiger partial charge is 0.304 e. The second-order valence-electron chi connectivity index (χ2n) is 4.27. The normalized spacial score (nSPS) is 20.6. The van der Waals surface area contributed by atoms with Gasteiger partial charge in [-0.2, -0.15) is 0 Å². The molecular weight excluding hydrogens is 200 g/mol. The van der Waals surface area contributed by atoms with Crippen molar-refractivity contribution in [3.63, 3.8) is 0 Å². The second-order valence-corrected chi connectivity index (χ2v) is 4.27. The summed E-state index contributed by atoms with van der Waals surface area (Å²) in [6.07, 6.45) is 2.16. The number of benzene rings is 1. The molecule has 1 unspecified atom stereocenters. The Morgan fingerprint density at radius 1 is 1.12 bits per heavy atom. The molecule has 1 aromatic carbocycles. The summed E-state index contributed by atoms with van der Waals surface area (Å²) in [5.41, 5.74) is 1.04. The highest BCUT2D eigenvalue weighted by Gasteiger charge is 2.23. The maximum Gasteiger partial charge on any atom is 0.222 e. The lowest BCUT2D eigenvalue weighted by Crippen LogP contribution is -2.46. The molecule has 85 valence electrons. The van der Waals surface area contributed by atoms with Crippen LogP contribution < -0.4 is 0 Å². The summed E-state index contributed by atoms with van der Waals surface area (Å²) in [6, 6.07) is 9.69. The van der Waals surface area contributed by atoms with Crippen LogP contribution in [0.15, 0.2) is 30.3 Å². The molecule has 1 aromatic rings. The smallest absolute Gasteiger partial charge is 0.222 e. The van der Waals surface area contributed by atoms with Crippen LogP contribution in [0.5, 0.6) is 0 Å². The van der Waals surface area contributed by atoms with E-state index in [4.69, 9.17) is 0 Å². The minimum atomic E-state index is -0.199. The highest BCUT2D eigenvalue weighted by atomic mass is 16.1. The highest BCUT2D eigenvalue weighted by molar-refractivity contribution is 5.62. The van der Waals surface area contributed by atoms with Gasteiger partial charge in [-0.1, -0.05) is 30.3 Å². The zero-order chi connectivity index (χ0) is 11.4. The summed E-state index contributed by atoms with van der Waals surface area (Å²) in [6.45, 7) is 3.91. The summed E-state index contributed by atoms with van der Waals surface area (Å²) in [5.74, 6) is 0. The standard InChI is InChI=1S/C13H17N2O/c1-14-7-9-15(10-8-14)13(11-16)12-5-3-2-4-6-12/h2-6,13H,7-10H2,1H3. The fourth-order valence-electron chi connectivity index (χ4n) is 2.07. The van der Waals surface area contributed by atoms with Crippen molar-refractivity contribution in [2.45, 2.75) is 6.04 Å². The summed E-state index contributed by atoms with van der Waals surface area (Å²) in [7, 11) is 2.11. The van der Waals surface area contributed by atoms with Crippen LogP contribution in [0.3, 0.4) is 0 Å². The van der Waals surface area contributed by atoms with Crippen molar-refractivity contribution in [1.29, 1.82) is 0 Å². The van der Waals surface area contributed by atoms with E-state index < -0.39 is 0 Å². The van der Waals surface area contributed by atoms with Gasteiger partial charge in [-0.3, -0.25) is 9.69 Å². The van der Waals surface area contributed by atoms with Gasteiger partial charge < -0.3 is 4.90 Å². The average Bonchev–Trinajstić information content (AvgIpc) is 2.34. The zero-order valence-corrected chi connectivity index (χ0v) is 9.60. The Kier molecular flexibility index (Phi) is 3.70. The Balaban J connectivity index is 2.08. The summed E-state index contributed by atoms with van der Waals surface area (Å²) < 4.78 is 0. The van der Waals surface area contributed by atoms with Crippen molar-refractivity contribution in [2.24, 2.45) is 0 Å². The van der Waals surface area contributed by atoms with Gasteiger partial charge >= 0.3 is 0 Å². The molecule has 0 bridgehead atoms. The molecule has 3 nitrogen and oxygen atoms in total. The molecule has 1 atom stereocenters. The van der Waals surface area contributed by atoms with Crippen LogP contribution in [-0.4, -0.2) is 49.3 Å². The number of hydrogen-bond donors (Lipinski definition) is 0. The monoisotopic (exact) mass is 217 g/mol. The first kappa shape index (κ1) is 11.3. The lowest BCUT2D eigenvalue weighted by Gasteiger charge is -2.35. The molecule has 0 amide bonds. The highest BCUT2D eigenvalue weighted by Crippen LogP contribution is 2.19. The number of likely N-dealkylation sites (N-methyl/N-ethyl adjacent to an activating group) is 1. The Morgan fingerprint density at radius 2 is 1.75 bits per heavy atom. The van der Waals surface area contributed by atoms with Gasteiger partial charge in [-0.05, 0) is 12.6 Å². The molecule has 0 spiro atoms. The van der Waals surface area contributed by atoms with Gasteiger partial charge in [0.1, 0.15) is 6.04 Å². The van der Waals surface area contributed by atoms with Crippen LogP contribution in [0, 0.1) is 0 Å². The van der Waals surface area contributed by atoms with E-state index in [0.717, 1.165) is 31.7 Å². The van der Waals surface area contributed by atoms with E-state index in [0.29, 0.717) is 0 Å². The fraction of sp³-hybridized carbons (Fsp3) is 0.462. The van der Waals surface area contributed by atoms with Gasteiger partial charge in [0.05, 0.1) is 0 Å². The lowest BCUT2D eigenvalue weighted by molar-refractivity contribution is 0.135. The maximum atomic E-state index is 11.1. The third-order valence-corrected chi connectivity index (χ3v) is 3.13. The van der Waals surface area contributed by atoms with E-state index in [2.05, 4.69) is 23.1 Å². The molecule has 1 aliphatic rings. The van der Waals surface area contributed by atoms with E-state index >= 15 is 0 Å². The molecule has 0 N–H and O–H groups in total. The number of piperazine rings is 1. The van der Waals surface area contributed by atoms with Crippen LogP contribution in [0.25, 0.3) is 0 Å². The van der Waals surface area contributed by atoms with E-state index in [1.165, 1.54) is 0 Å². The predicted molar refractivity (Wildman–Crippen MR) is 63.9 cm³/mol. The Hall–Kier alpha value is -1.19. The van der Waals surface area contributed by atoms with Gasteiger partial charge in [0.2, 0.25) is 6.29 Å². The third kappa shape index (κ3) is 2.49. The minimum absolute atomic E-state index is 0.199. The number of hydrogen-bond acceptors (Lipinski definition) is 3. The van der Waals surface area contributed by atoms with E-state index in [1.54, 1.807) is 0 Å². The molecule has 1 saturated heterocycles. The molecular formula is C13H17N2O. The first-order valence-electron chi connectivity index (χ1n) is 5.66. The number of carbonyl (C=O) groups excluding carboxylic acids is 1. The molecule has 3 heteroatoms. The third-order valence-electron chi connectivity index (χ3n) is 3.13. The van der Waals surface area contributed by atoms with Crippen molar-refractivity contribution in [1.82, 2.24) is 9.80 Å². The van der Waals surface area contributed by atoms with Crippen LogP contribution in [0.4, 0.5) is 0 Å². The van der Waals surface area contributed by atoms with Gasteiger partial charge in [-0.15, -0.1) is 0 Å². The molecule has 1 fully saturated rings. The van der Waals surface area contributed by atoms with Crippen molar-refractivity contribution < 1.29 is 4.79 Å². The van der Waals surface area contributed by atoms with Gasteiger partial charge in [0.25, 0.3) is 0 Å². The Bertz CT molecular complexity index is 331.